The highest BCUT2D eigenvalue weighted by Gasteiger charge is 1.99. The molecule has 0 amide bonds. The molecule has 2 aromatic rings. The van der Waals surface area contributed by atoms with Gasteiger partial charge in [0.1, 0.15) is 0 Å². The molecule has 2 aromatic carbocycles. The Morgan fingerprint density at radius 2 is 1.25 bits per heavy atom. The fraction of sp³-hybridized carbons (Fsp3) is 0.294. The first-order valence-corrected chi connectivity index (χ1v) is 6.82. The summed E-state index contributed by atoms with van der Waals surface area (Å²) < 4.78 is 0. The second-order valence-corrected chi connectivity index (χ2v) is 5.50. The molecule has 0 radical (unpaired) electrons. The third-order valence-corrected chi connectivity index (χ3v) is 3.13. The number of benzene rings is 2. The Kier molecular flexibility index (Phi) is 4.64. The largest absolute Gasteiger partial charge is 0.378 e. The normalized spacial score (nSPS) is 10.7. The number of nitrogens with one attached hydrogen (secondary N) is 1. The van der Waals surface area contributed by atoms with Gasteiger partial charge >= 0.3 is 0 Å². The van der Waals surface area contributed by atoms with E-state index in [4.69, 9.17) is 0 Å². The second kappa shape index (κ2) is 6.44. The number of hydrogen-bond donors (Lipinski definition) is 1. The molecule has 0 aliphatic heterocycles. The Bertz CT molecular complexity index is 527. The van der Waals surface area contributed by atoms with Crippen molar-refractivity contribution in [3.05, 3.63) is 54.1 Å². The van der Waals surface area contributed by atoms with Crippen molar-refractivity contribution in [1.29, 1.82) is 0 Å². The van der Waals surface area contributed by atoms with E-state index in [1.54, 1.807) is 0 Å². The summed E-state index contributed by atoms with van der Waals surface area (Å²) in [6, 6.07) is 17.0. The molecule has 3 nitrogen and oxygen atoms in total. The Morgan fingerprint density at radius 3 is 1.70 bits per heavy atom. The molecule has 20 heavy (non-hydrogen) atoms. The van der Waals surface area contributed by atoms with Crippen LogP contribution in [0.5, 0.6) is 0 Å². The van der Waals surface area contributed by atoms with Crippen molar-refractivity contribution in [2.24, 2.45) is 0 Å². The quantitative estimate of drug-likeness (QED) is 0.895. The maximum absolute atomic E-state index is 3.42. The Hall–Kier alpha value is -2.00. The van der Waals surface area contributed by atoms with E-state index in [1.807, 2.05) is 14.1 Å². The summed E-state index contributed by atoms with van der Waals surface area (Å²) in [5.74, 6) is 0. The van der Waals surface area contributed by atoms with Crippen molar-refractivity contribution in [2.45, 2.75) is 6.54 Å². The van der Waals surface area contributed by atoms with Crippen LogP contribution in [-0.4, -0.2) is 33.1 Å². The molecule has 0 aliphatic carbocycles. The first-order chi connectivity index (χ1) is 9.54. The molecule has 3 heteroatoms. The van der Waals surface area contributed by atoms with E-state index >= 15 is 0 Å². The minimum atomic E-state index is 0.970. The molecule has 0 heterocycles. The SMILES string of the molecule is CN(C)Cc1ccc(Nc2ccc(N(C)C)cc2)cc1. The van der Waals surface area contributed by atoms with Crippen LogP contribution in [0.3, 0.4) is 0 Å². The van der Waals surface area contributed by atoms with Gasteiger partial charge in [0.25, 0.3) is 0 Å². The van der Waals surface area contributed by atoms with E-state index in [-0.39, 0.29) is 0 Å². The smallest absolute Gasteiger partial charge is 0.0385 e. The molecule has 0 aromatic heterocycles. The summed E-state index contributed by atoms with van der Waals surface area (Å²) >= 11 is 0. The second-order valence-electron chi connectivity index (χ2n) is 5.50. The van der Waals surface area contributed by atoms with Crippen LogP contribution >= 0.6 is 0 Å². The number of rotatable bonds is 5. The highest BCUT2D eigenvalue weighted by Crippen LogP contribution is 2.20. The fourth-order valence-corrected chi connectivity index (χ4v) is 2.07. The summed E-state index contributed by atoms with van der Waals surface area (Å²) in [6.45, 7) is 0.970. The maximum atomic E-state index is 3.42. The molecule has 0 fully saturated rings. The molecule has 0 unspecified atom stereocenters. The molecule has 1 N–H and O–H groups in total. The number of anilines is 3. The predicted octanol–water partition coefficient (Wildman–Crippen LogP) is 3.56. The van der Waals surface area contributed by atoms with E-state index in [2.05, 4.69) is 77.7 Å². The van der Waals surface area contributed by atoms with Gasteiger partial charge in [0.15, 0.2) is 0 Å². The summed E-state index contributed by atoms with van der Waals surface area (Å²) in [4.78, 5) is 4.27. The molecule has 2 rings (SSSR count). The van der Waals surface area contributed by atoms with Crippen LogP contribution < -0.4 is 10.2 Å². The third kappa shape index (κ3) is 4.00. The van der Waals surface area contributed by atoms with Gasteiger partial charge in [0, 0.05) is 37.7 Å². The van der Waals surface area contributed by atoms with Crippen molar-refractivity contribution in [1.82, 2.24) is 4.90 Å². The lowest BCUT2D eigenvalue weighted by Gasteiger charge is -2.14. The van der Waals surface area contributed by atoms with Crippen LogP contribution in [0.25, 0.3) is 0 Å². The van der Waals surface area contributed by atoms with Gasteiger partial charge in [0.05, 0.1) is 0 Å². The summed E-state index contributed by atoms with van der Waals surface area (Å²) in [6.07, 6.45) is 0. The topological polar surface area (TPSA) is 18.5 Å². The van der Waals surface area contributed by atoms with Gasteiger partial charge in [-0.05, 0) is 56.1 Å². The molecule has 0 spiro atoms. The standard InChI is InChI=1S/C17H23N3/c1-19(2)13-14-5-7-15(8-6-14)18-16-9-11-17(12-10-16)20(3)4/h5-12,18H,13H2,1-4H3. The van der Waals surface area contributed by atoms with Crippen LogP contribution in [-0.2, 0) is 6.54 Å². The Morgan fingerprint density at radius 1 is 0.750 bits per heavy atom. The first kappa shape index (κ1) is 14.4. The van der Waals surface area contributed by atoms with Crippen LogP contribution in [0, 0.1) is 0 Å². The molecule has 0 saturated carbocycles. The number of nitrogens with zero attached hydrogens (tertiary/aromatic N) is 2. The number of hydrogen-bond acceptors (Lipinski definition) is 3. The van der Waals surface area contributed by atoms with Crippen molar-refractivity contribution < 1.29 is 0 Å². The fourth-order valence-electron chi connectivity index (χ4n) is 2.07. The van der Waals surface area contributed by atoms with Gasteiger partial charge in [-0.15, -0.1) is 0 Å². The van der Waals surface area contributed by atoms with Gasteiger partial charge in [-0.25, -0.2) is 0 Å². The highest BCUT2D eigenvalue weighted by molar-refractivity contribution is 5.62. The maximum Gasteiger partial charge on any atom is 0.0385 e. The van der Waals surface area contributed by atoms with Gasteiger partial charge in [0.2, 0.25) is 0 Å². The lowest BCUT2D eigenvalue weighted by atomic mass is 10.2. The molecular weight excluding hydrogens is 246 g/mol. The van der Waals surface area contributed by atoms with Crippen LogP contribution in [0.2, 0.25) is 0 Å². The van der Waals surface area contributed by atoms with E-state index < -0.39 is 0 Å². The van der Waals surface area contributed by atoms with Crippen molar-refractivity contribution in [2.75, 3.05) is 38.4 Å². The molecular formula is C17H23N3. The van der Waals surface area contributed by atoms with Crippen molar-refractivity contribution in [3.63, 3.8) is 0 Å². The van der Waals surface area contributed by atoms with Crippen molar-refractivity contribution in [3.8, 4) is 0 Å². The van der Waals surface area contributed by atoms with Gasteiger partial charge in [-0.2, -0.15) is 0 Å². The molecule has 106 valence electrons. The summed E-state index contributed by atoms with van der Waals surface area (Å²) in [5.41, 5.74) is 4.75. The molecule has 0 atom stereocenters. The van der Waals surface area contributed by atoms with Gasteiger partial charge in [-0.1, -0.05) is 12.1 Å². The van der Waals surface area contributed by atoms with Crippen LogP contribution in [0.15, 0.2) is 48.5 Å². The van der Waals surface area contributed by atoms with E-state index in [9.17, 15) is 0 Å². The van der Waals surface area contributed by atoms with E-state index in [0.29, 0.717) is 0 Å². The lowest BCUT2D eigenvalue weighted by molar-refractivity contribution is 0.402. The minimum Gasteiger partial charge on any atom is -0.378 e. The predicted molar refractivity (Wildman–Crippen MR) is 87.9 cm³/mol. The van der Waals surface area contributed by atoms with Gasteiger partial charge in [-0.3, -0.25) is 0 Å². The molecule has 0 bridgehead atoms. The first-order valence-electron chi connectivity index (χ1n) is 6.82. The minimum absolute atomic E-state index is 0.970. The summed E-state index contributed by atoms with van der Waals surface area (Å²) in [5, 5.41) is 3.42. The summed E-state index contributed by atoms with van der Waals surface area (Å²) in [7, 11) is 8.26. The zero-order chi connectivity index (χ0) is 14.5. The highest BCUT2D eigenvalue weighted by atomic mass is 15.1. The third-order valence-electron chi connectivity index (χ3n) is 3.13. The van der Waals surface area contributed by atoms with Gasteiger partial charge < -0.3 is 15.1 Å². The van der Waals surface area contributed by atoms with Crippen LogP contribution in [0.4, 0.5) is 17.1 Å². The van der Waals surface area contributed by atoms with E-state index in [0.717, 1.165) is 17.9 Å². The monoisotopic (exact) mass is 269 g/mol. The van der Waals surface area contributed by atoms with E-state index in [1.165, 1.54) is 11.3 Å². The Balaban J connectivity index is 2.02. The molecule has 0 aliphatic rings. The molecule has 0 saturated heterocycles. The van der Waals surface area contributed by atoms with Crippen molar-refractivity contribution >= 4 is 17.1 Å². The Labute approximate surface area is 121 Å². The average molecular weight is 269 g/mol. The van der Waals surface area contributed by atoms with Crippen LogP contribution in [0.1, 0.15) is 5.56 Å². The zero-order valence-electron chi connectivity index (χ0n) is 12.7. The lowest BCUT2D eigenvalue weighted by Crippen LogP contribution is -2.10. The average Bonchev–Trinajstić information content (AvgIpc) is 2.41. The zero-order valence-corrected chi connectivity index (χ0v) is 12.7.